The summed E-state index contributed by atoms with van der Waals surface area (Å²) in [4.78, 5) is 4.36. The first-order valence-corrected chi connectivity index (χ1v) is 8.38. The van der Waals surface area contributed by atoms with Gasteiger partial charge in [-0.2, -0.15) is 10.1 Å². The van der Waals surface area contributed by atoms with E-state index in [-0.39, 0.29) is 6.04 Å². The van der Waals surface area contributed by atoms with E-state index < -0.39 is 0 Å². The van der Waals surface area contributed by atoms with Crippen molar-refractivity contribution in [3.8, 4) is 0 Å². The molecular weight excluding hydrogens is 296 g/mol. The highest BCUT2D eigenvalue weighted by molar-refractivity contribution is 5.77. The molecule has 0 saturated heterocycles. The molecule has 1 aliphatic rings. The molecule has 4 nitrogen and oxygen atoms in total. The van der Waals surface area contributed by atoms with Crippen LogP contribution < -0.4 is 5.32 Å². The van der Waals surface area contributed by atoms with E-state index in [0.29, 0.717) is 0 Å². The molecule has 0 fully saturated rings. The molecule has 0 aliphatic carbocycles. The molecular formula is C20H20N4. The molecule has 2 aromatic carbocycles. The number of hydrogen-bond donors (Lipinski definition) is 1. The van der Waals surface area contributed by atoms with E-state index in [0.717, 1.165) is 18.1 Å². The molecule has 1 atom stereocenters. The van der Waals surface area contributed by atoms with Gasteiger partial charge in [0.25, 0.3) is 0 Å². The molecule has 3 aromatic rings. The third-order valence-electron chi connectivity index (χ3n) is 4.35. The monoisotopic (exact) mass is 316 g/mol. The normalized spacial score (nSPS) is 16.2. The van der Waals surface area contributed by atoms with Crippen molar-refractivity contribution in [3.05, 3.63) is 83.7 Å². The maximum Gasteiger partial charge on any atom is 0.226 e. The van der Waals surface area contributed by atoms with Gasteiger partial charge in [-0.15, -0.1) is 0 Å². The minimum absolute atomic E-state index is 0.0512. The number of allylic oxidation sites excluding steroid dienone is 1. The van der Waals surface area contributed by atoms with Gasteiger partial charge in [0.2, 0.25) is 5.95 Å². The fourth-order valence-electron chi connectivity index (χ4n) is 3.13. The van der Waals surface area contributed by atoms with Crippen LogP contribution >= 0.6 is 0 Å². The fraction of sp³-hybridized carbons (Fsp3) is 0.200. The first kappa shape index (κ1) is 14.7. The van der Waals surface area contributed by atoms with Gasteiger partial charge in [-0.05, 0) is 29.2 Å². The molecule has 0 saturated carbocycles. The SMILES string of the molecule is CCCc1ccc(C2=C[C@@H](c3ccccc3)n3ncnc3N2)cc1. The molecule has 0 bridgehead atoms. The number of aromatic nitrogens is 3. The van der Waals surface area contributed by atoms with Gasteiger partial charge in [0, 0.05) is 5.70 Å². The Morgan fingerprint density at radius 3 is 2.58 bits per heavy atom. The van der Waals surface area contributed by atoms with Gasteiger partial charge in [0.15, 0.2) is 0 Å². The second-order valence-electron chi connectivity index (χ2n) is 6.04. The minimum Gasteiger partial charge on any atom is -0.324 e. The van der Waals surface area contributed by atoms with Crippen molar-refractivity contribution in [1.82, 2.24) is 14.8 Å². The van der Waals surface area contributed by atoms with E-state index in [1.807, 2.05) is 10.7 Å². The summed E-state index contributed by atoms with van der Waals surface area (Å²) in [6.45, 7) is 2.20. The molecule has 120 valence electrons. The standard InChI is InChI=1S/C20H20N4/c1-2-6-15-9-11-16(12-10-15)18-13-19(17-7-4-3-5-8-17)24-20(23-18)21-14-22-24/h3-5,7-14,19H,2,6H2,1H3,(H,21,22,23)/t19-/m0/s1. The molecule has 0 unspecified atom stereocenters. The quantitative estimate of drug-likeness (QED) is 0.781. The third-order valence-corrected chi connectivity index (χ3v) is 4.35. The highest BCUT2D eigenvalue weighted by Crippen LogP contribution is 2.31. The van der Waals surface area contributed by atoms with Crippen molar-refractivity contribution in [2.45, 2.75) is 25.8 Å². The van der Waals surface area contributed by atoms with E-state index in [1.54, 1.807) is 6.33 Å². The van der Waals surface area contributed by atoms with Gasteiger partial charge in [-0.1, -0.05) is 67.9 Å². The van der Waals surface area contributed by atoms with E-state index in [1.165, 1.54) is 23.1 Å². The van der Waals surface area contributed by atoms with Crippen LogP contribution in [0.2, 0.25) is 0 Å². The molecule has 1 aliphatic heterocycles. The third kappa shape index (κ3) is 2.71. The Balaban J connectivity index is 1.72. The summed E-state index contributed by atoms with van der Waals surface area (Å²) < 4.78 is 1.92. The van der Waals surface area contributed by atoms with Crippen molar-refractivity contribution < 1.29 is 0 Å². The Kier molecular flexibility index (Phi) is 3.87. The summed E-state index contributed by atoms with van der Waals surface area (Å²) in [5, 5.41) is 7.77. The van der Waals surface area contributed by atoms with Crippen LogP contribution in [-0.4, -0.2) is 14.8 Å². The van der Waals surface area contributed by atoms with Crippen LogP contribution in [0, 0.1) is 0 Å². The number of fused-ring (bicyclic) bond motifs is 1. The lowest BCUT2D eigenvalue weighted by Gasteiger charge is -2.24. The van der Waals surface area contributed by atoms with E-state index in [2.05, 4.69) is 76.9 Å². The lowest BCUT2D eigenvalue weighted by molar-refractivity contribution is 0.612. The van der Waals surface area contributed by atoms with Crippen LogP contribution in [0.15, 0.2) is 67.0 Å². The van der Waals surface area contributed by atoms with E-state index >= 15 is 0 Å². The lowest BCUT2D eigenvalue weighted by atomic mass is 10.0. The van der Waals surface area contributed by atoms with E-state index in [9.17, 15) is 0 Å². The van der Waals surface area contributed by atoms with Gasteiger partial charge < -0.3 is 5.32 Å². The topological polar surface area (TPSA) is 42.7 Å². The lowest BCUT2D eigenvalue weighted by Crippen LogP contribution is -2.20. The Hall–Kier alpha value is -2.88. The molecule has 24 heavy (non-hydrogen) atoms. The van der Waals surface area contributed by atoms with Crippen molar-refractivity contribution in [2.75, 3.05) is 5.32 Å². The number of nitrogens with one attached hydrogen (secondary N) is 1. The summed E-state index contributed by atoms with van der Waals surface area (Å²) in [5.74, 6) is 0.777. The first-order chi connectivity index (χ1) is 11.8. The second kappa shape index (κ2) is 6.32. The van der Waals surface area contributed by atoms with Gasteiger partial charge in [0.1, 0.15) is 12.4 Å². The predicted octanol–water partition coefficient (Wildman–Crippen LogP) is 4.29. The zero-order valence-corrected chi connectivity index (χ0v) is 13.7. The maximum atomic E-state index is 4.38. The van der Waals surface area contributed by atoms with Crippen LogP contribution in [0.1, 0.15) is 36.1 Å². The molecule has 0 radical (unpaired) electrons. The zero-order chi connectivity index (χ0) is 16.4. The molecule has 4 heteroatoms. The zero-order valence-electron chi connectivity index (χ0n) is 13.7. The molecule has 0 spiro atoms. The van der Waals surface area contributed by atoms with Crippen LogP contribution in [-0.2, 0) is 6.42 Å². The van der Waals surface area contributed by atoms with Crippen molar-refractivity contribution >= 4 is 11.6 Å². The van der Waals surface area contributed by atoms with Crippen LogP contribution in [0.4, 0.5) is 5.95 Å². The number of rotatable bonds is 4. The highest BCUT2D eigenvalue weighted by atomic mass is 15.4. The van der Waals surface area contributed by atoms with Crippen molar-refractivity contribution in [3.63, 3.8) is 0 Å². The average molecular weight is 316 g/mol. The first-order valence-electron chi connectivity index (χ1n) is 8.38. The highest BCUT2D eigenvalue weighted by Gasteiger charge is 2.23. The minimum atomic E-state index is 0.0512. The molecule has 2 heterocycles. The Labute approximate surface area is 141 Å². The number of aryl methyl sites for hydroxylation is 1. The molecule has 1 N–H and O–H groups in total. The van der Waals surface area contributed by atoms with E-state index in [4.69, 9.17) is 0 Å². The van der Waals surface area contributed by atoms with Crippen LogP contribution in [0.3, 0.4) is 0 Å². The van der Waals surface area contributed by atoms with Gasteiger partial charge >= 0.3 is 0 Å². The Morgan fingerprint density at radius 2 is 1.83 bits per heavy atom. The van der Waals surface area contributed by atoms with Crippen LogP contribution in [0.5, 0.6) is 0 Å². The second-order valence-corrected chi connectivity index (χ2v) is 6.04. The molecule has 0 amide bonds. The summed E-state index contributed by atoms with van der Waals surface area (Å²) in [6.07, 6.45) is 6.10. The fourth-order valence-corrected chi connectivity index (χ4v) is 3.13. The summed E-state index contributed by atoms with van der Waals surface area (Å²) in [6, 6.07) is 19.2. The predicted molar refractivity (Wildman–Crippen MR) is 96.6 cm³/mol. The van der Waals surface area contributed by atoms with Crippen molar-refractivity contribution in [2.24, 2.45) is 0 Å². The molecule has 4 rings (SSSR count). The smallest absolute Gasteiger partial charge is 0.226 e. The van der Waals surface area contributed by atoms with Gasteiger partial charge in [0.05, 0.1) is 0 Å². The van der Waals surface area contributed by atoms with Crippen LogP contribution in [0.25, 0.3) is 5.70 Å². The largest absolute Gasteiger partial charge is 0.324 e. The summed E-state index contributed by atoms with van der Waals surface area (Å²) in [5.41, 5.74) is 4.82. The summed E-state index contributed by atoms with van der Waals surface area (Å²) in [7, 11) is 0. The summed E-state index contributed by atoms with van der Waals surface area (Å²) >= 11 is 0. The number of hydrogen-bond acceptors (Lipinski definition) is 3. The number of nitrogens with zero attached hydrogens (tertiary/aromatic N) is 3. The van der Waals surface area contributed by atoms with Gasteiger partial charge in [-0.25, -0.2) is 4.68 Å². The maximum absolute atomic E-state index is 4.38. The number of benzene rings is 2. The Bertz CT molecular complexity index is 847. The number of anilines is 1. The van der Waals surface area contributed by atoms with Crippen molar-refractivity contribution in [1.29, 1.82) is 0 Å². The Morgan fingerprint density at radius 1 is 1.04 bits per heavy atom. The average Bonchev–Trinajstić information content (AvgIpc) is 3.11. The molecule has 1 aromatic heterocycles. The van der Waals surface area contributed by atoms with Gasteiger partial charge in [-0.3, -0.25) is 0 Å².